The molecule has 1 N–H and O–H groups in total. The van der Waals surface area contributed by atoms with Gasteiger partial charge in [0.1, 0.15) is 11.5 Å². The van der Waals surface area contributed by atoms with Gasteiger partial charge in [-0.2, -0.15) is 0 Å². The third-order valence-electron chi connectivity index (χ3n) is 4.49. The van der Waals surface area contributed by atoms with Crippen molar-refractivity contribution in [2.75, 3.05) is 26.2 Å². The molecule has 1 saturated heterocycles. The van der Waals surface area contributed by atoms with E-state index >= 15 is 0 Å². The molecule has 25 heavy (non-hydrogen) atoms. The predicted octanol–water partition coefficient (Wildman–Crippen LogP) is 4.08. The van der Waals surface area contributed by atoms with Gasteiger partial charge in [-0.25, -0.2) is 0 Å². The second-order valence-corrected chi connectivity index (χ2v) is 6.42. The fraction of sp³-hybridized carbons (Fsp3) is 0.381. The number of carbonyl (C=O) groups is 1. The molecule has 0 bridgehead atoms. The van der Waals surface area contributed by atoms with Crippen LogP contribution in [0.5, 0.6) is 11.5 Å². The Labute approximate surface area is 149 Å². The quantitative estimate of drug-likeness (QED) is 0.773. The van der Waals surface area contributed by atoms with Crippen LogP contribution in [0.3, 0.4) is 0 Å². The Morgan fingerprint density at radius 3 is 2.48 bits per heavy atom. The molecule has 0 radical (unpaired) electrons. The Kier molecular flexibility index (Phi) is 6.46. The Balaban J connectivity index is 1.51. The molecule has 4 heteroatoms. The van der Waals surface area contributed by atoms with E-state index in [2.05, 4.69) is 10.2 Å². The summed E-state index contributed by atoms with van der Waals surface area (Å²) in [6.07, 6.45) is 4.94. The van der Waals surface area contributed by atoms with Crippen molar-refractivity contribution in [1.82, 2.24) is 10.2 Å². The zero-order valence-electron chi connectivity index (χ0n) is 14.6. The second kappa shape index (κ2) is 9.23. The van der Waals surface area contributed by atoms with Crippen LogP contribution in [0, 0.1) is 0 Å². The second-order valence-electron chi connectivity index (χ2n) is 6.42. The molecule has 2 aromatic carbocycles. The van der Waals surface area contributed by atoms with Gasteiger partial charge >= 0.3 is 0 Å². The van der Waals surface area contributed by atoms with Crippen LogP contribution >= 0.6 is 0 Å². The van der Waals surface area contributed by atoms with Crippen molar-refractivity contribution in [1.29, 1.82) is 0 Å². The first-order chi connectivity index (χ1) is 12.3. The average molecular weight is 338 g/mol. The van der Waals surface area contributed by atoms with Crippen molar-refractivity contribution < 1.29 is 9.53 Å². The smallest absolute Gasteiger partial charge is 0.255 e. The largest absolute Gasteiger partial charge is 0.457 e. The van der Waals surface area contributed by atoms with Gasteiger partial charge in [-0.05, 0) is 63.2 Å². The molecule has 3 rings (SSSR count). The molecule has 0 atom stereocenters. The number of benzene rings is 2. The van der Waals surface area contributed by atoms with Crippen LogP contribution in [-0.4, -0.2) is 37.0 Å². The number of hydrogen-bond donors (Lipinski definition) is 1. The minimum Gasteiger partial charge on any atom is -0.457 e. The van der Waals surface area contributed by atoms with E-state index in [-0.39, 0.29) is 5.91 Å². The topological polar surface area (TPSA) is 41.6 Å². The van der Waals surface area contributed by atoms with Gasteiger partial charge in [0.15, 0.2) is 0 Å². The molecule has 1 heterocycles. The summed E-state index contributed by atoms with van der Waals surface area (Å²) in [7, 11) is 0. The van der Waals surface area contributed by atoms with E-state index in [0.717, 1.165) is 18.7 Å². The molecule has 0 spiro atoms. The van der Waals surface area contributed by atoms with Gasteiger partial charge in [0.05, 0.1) is 5.56 Å². The third kappa shape index (κ3) is 5.33. The lowest BCUT2D eigenvalue weighted by Crippen LogP contribution is -2.33. The van der Waals surface area contributed by atoms with Crippen molar-refractivity contribution in [2.24, 2.45) is 0 Å². The normalized spacial score (nSPS) is 14.9. The molecule has 1 aliphatic rings. The lowest BCUT2D eigenvalue weighted by atomic mass is 10.1. The summed E-state index contributed by atoms with van der Waals surface area (Å²) < 4.78 is 5.86. The minimum absolute atomic E-state index is 0.0785. The van der Waals surface area contributed by atoms with E-state index in [4.69, 9.17) is 4.74 Å². The number of piperidine rings is 1. The maximum atomic E-state index is 12.5. The fourth-order valence-corrected chi connectivity index (χ4v) is 3.14. The van der Waals surface area contributed by atoms with Gasteiger partial charge in [-0.15, -0.1) is 0 Å². The highest BCUT2D eigenvalue weighted by Crippen LogP contribution is 2.24. The fourth-order valence-electron chi connectivity index (χ4n) is 3.14. The Bertz CT molecular complexity index is 667. The maximum Gasteiger partial charge on any atom is 0.255 e. The van der Waals surface area contributed by atoms with Crippen LogP contribution in [0.1, 0.15) is 36.0 Å². The highest BCUT2D eigenvalue weighted by atomic mass is 16.5. The van der Waals surface area contributed by atoms with Crippen LogP contribution in [-0.2, 0) is 0 Å². The lowest BCUT2D eigenvalue weighted by Gasteiger charge is -2.26. The summed E-state index contributed by atoms with van der Waals surface area (Å²) >= 11 is 0. The van der Waals surface area contributed by atoms with Gasteiger partial charge in [0.2, 0.25) is 0 Å². The van der Waals surface area contributed by atoms with Crippen molar-refractivity contribution in [3.63, 3.8) is 0 Å². The molecular weight excluding hydrogens is 312 g/mol. The van der Waals surface area contributed by atoms with Crippen LogP contribution in [0.2, 0.25) is 0 Å². The number of likely N-dealkylation sites (tertiary alicyclic amines) is 1. The lowest BCUT2D eigenvalue weighted by molar-refractivity contribution is 0.0949. The highest BCUT2D eigenvalue weighted by molar-refractivity contribution is 5.96. The van der Waals surface area contributed by atoms with Crippen LogP contribution in [0.25, 0.3) is 0 Å². The average Bonchev–Trinajstić information content (AvgIpc) is 2.67. The summed E-state index contributed by atoms with van der Waals surface area (Å²) in [6.45, 7) is 4.14. The highest BCUT2D eigenvalue weighted by Gasteiger charge is 2.13. The van der Waals surface area contributed by atoms with Gasteiger partial charge in [-0.3, -0.25) is 4.79 Å². The number of hydrogen-bond acceptors (Lipinski definition) is 3. The van der Waals surface area contributed by atoms with E-state index in [9.17, 15) is 4.79 Å². The van der Waals surface area contributed by atoms with Gasteiger partial charge in [0.25, 0.3) is 5.91 Å². The molecule has 4 nitrogen and oxygen atoms in total. The molecule has 132 valence electrons. The standard InChI is InChI=1S/C21H26N2O2/c24-21(22-14-9-17-23-15-7-2-8-16-23)19-12-5-6-13-20(19)25-18-10-3-1-4-11-18/h1,3-6,10-13H,2,7-9,14-17H2,(H,22,24). The summed E-state index contributed by atoms with van der Waals surface area (Å²) in [4.78, 5) is 15.0. The van der Waals surface area contributed by atoms with Gasteiger partial charge in [0, 0.05) is 6.54 Å². The van der Waals surface area contributed by atoms with E-state index in [0.29, 0.717) is 17.9 Å². The SMILES string of the molecule is O=C(NCCCN1CCCCC1)c1ccccc1Oc1ccccc1. The number of amides is 1. The Hall–Kier alpha value is -2.33. The zero-order chi connectivity index (χ0) is 17.3. The Morgan fingerprint density at radius 1 is 0.960 bits per heavy atom. The molecule has 2 aromatic rings. The first kappa shape index (κ1) is 17.5. The van der Waals surface area contributed by atoms with E-state index < -0.39 is 0 Å². The number of nitrogens with zero attached hydrogens (tertiary/aromatic N) is 1. The van der Waals surface area contributed by atoms with E-state index in [1.807, 2.05) is 48.5 Å². The molecule has 1 aliphatic heterocycles. The van der Waals surface area contributed by atoms with E-state index in [1.54, 1.807) is 6.07 Å². The Morgan fingerprint density at radius 2 is 1.68 bits per heavy atom. The number of nitrogens with one attached hydrogen (secondary N) is 1. The molecule has 1 amide bonds. The number of para-hydroxylation sites is 2. The number of rotatable bonds is 7. The number of ether oxygens (including phenoxy) is 1. The van der Waals surface area contributed by atoms with Crippen molar-refractivity contribution in [3.8, 4) is 11.5 Å². The molecule has 0 aliphatic carbocycles. The summed E-state index contributed by atoms with van der Waals surface area (Å²) in [6, 6.07) is 16.9. The molecule has 0 aromatic heterocycles. The summed E-state index contributed by atoms with van der Waals surface area (Å²) in [5.74, 6) is 1.24. The summed E-state index contributed by atoms with van der Waals surface area (Å²) in [5, 5.41) is 3.02. The van der Waals surface area contributed by atoms with Crippen LogP contribution in [0.15, 0.2) is 54.6 Å². The van der Waals surface area contributed by atoms with E-state index in [1.165, 1.54) is 32.4 Å². The first-order valence-electron chi connectivity index (χ1n) is 9.15. The van der Waals surface area contributed by atoms with Gasteiger partial charge in [-0.1, -0.05) is 36.8 Å². The first-order valence-corrected chi connectivity index (χ1v) is 9.15. The summed E-state index contributed by atoms with van der Waals surface area (Å²) in [5.41, 5.74) is 0.573. The van der Waals surface area contributed by atoms with Crippen LogP contribution < -0.4 is 10.1 Å². The van der Waals surface area contributed by atoms with Crippen molar-refractivity contribution in [2.45, 2.75) is 25.7 Å². The van der Waals surface area contributed by atoms with Crippen molar-refractivity contribution >= 4 is 5.91 Å². The minimum atomic E-state index is -0.0785. The van der Waals surface area contributed by atoms with Crippen LogP contribution in [0.4, 0.5) is 0 Å². The molecular formula is C21H26N2O2. The third-order valence-corrected chi connectivity index (χ3v) is 4.49. The molecule has 1 fully saturated rings. The monoisotopic (exact) mass is 338 g/mol. The maximum absolute atomic E-state index is 12.5. The zero-order valence-corrected chi connectivity index (χ0v) is 14.6. The number of carbonyl (C=O) groups excluding carboxylic acids is 1. The predicted molar refractivity (Wildman–Crippen MR) is 100 cm³/mol. The van der Waals surface area contributed by atoms with Gasteiger partial charge < -0.3 is 15.0 Å². The van der Waals surface area contributed by atoms with Crippen molar-refractivity contribution in [3.05, 3.63) is 60.2 Å². The molecule has 0 unspecified atom stereocenters. The molecule has 0 saturated carbocycles.